The molecule has 0 bridgehead atoms. The number of carboxylic acids is 1. The molecule has 0 spiro atoms. The van der Waals surface area contributed by atoms with Crippen molar-refractivity contribution in [3.63, 3.8) is 0 Å². The van der Waals surface area contributed by atoms with Crippen LogP contribution in [-0.2, 0) is 4.79 Å². The van der Waals surface area contributed by atoms with Crippen molar-refractivity contribution >= 4 is 17.7 Å². The summed E-state index contributed by atoms with van der Waals surface area (Å²) in [6, 6.07) is 5.31. The summed E-state index contributed by atoms with van der Waals surface area (Å²) in [5.41, 5.74) is 1.64. The number of anilines is 1. The van der Waals surface area contributed by atoms with E-state index >= 15 is 0 Å². The number of aliphatic hydroxyl groups is 1. The molecular formula is C13H18N2O4. The average molecular weight is 266 g/mol. The van der Waals surface area contributed by atoms with Crippen LogP contribution >= 0.6 is 0 Å². The molecule has 0 saturated carbocycles. The van der Waals surface area contributed by atoms with Crippen LogP contribution in [0.1, 0.15) is 25.3 Å². The fourth-order valence-electron chi connectivity index (χ4n) is 1.49. The van der Waals surface area contributed by atoms with Crippen molar-refractivity contribution < 1.29 is 19.8 Å². The van der Waals surface area contributed by atoms with Gasteiger partial charge in [0.25, 0.3) is 0 Å². The fourth-order valence-corrected chi connectivity index (χ4v) is 1.49. The van der Waals surface area contributed by atoms with Gasteiger partial charge in [-0.15, -0.1) is 0 Å². The lowest BCUT2D eigenvalue weighted by Gasteiger charge is -2.13. The minimum Gasteiger partial charge on any atom is -0.480 e. The monoisotopic (exact) mass is 266 g/mol. The molecule has 4 N–H and O–H groups in total. The summed E-state index contributed by atoms with van der Waals surface area (Å²) in [5.74, 6) is -0.956. The third kappa shape index (κ3) is 4.59. The second-order valence-corrected chi connectivity index (χ2v) is 4.45. The first-order valence-electron chi connectivity index (χ1n) is 5.95. The third-order valence-corrected chi connectivity index (χ3v) is 2.60. The summed E-state index contributed by atoms with van der Waals surface area (Å²) >= 11 is 0. The molecule has 6 nitrogen and oxygen atoms in total. The highest BCUT2D eigenvalue weighted by Gasteiger charge is 2.18. The predicted octanol–water partition coefficient (Wildman–Crippen LogP) is 1.38. The molecular weight excluding hydrogens is 248 g/mol. The number of hydrogen-bond donors (Lipinski definition) is 4. The number of amides is 2. The van der Waals surface area contributed by atoms with Gasteiger partial charge in [0.15, 0.2) is 6.04 Å². The lowest BCUT2D eigenvalue weighted by molar-refractivity contribution is -0.140. The molecule has 0 unspecified atom stereocenters. The Hall–Kier alpha value is -2.08. The Morgan fingerprint density at radius 1 is 1.32 bits per heavy atom. The van der Waals surface area contributed by atoms with E-state index in [2.05, 4.69) is 10.6 Å². The van der Waals surface area contributed by atoms with Crippen molar-refractivity contribution in [1.82, 2.24) is 5.32 Å². The van der Waals surface area contributed by atoms with E-state index in [4.69, 9.17) is 10.2 Å². The highest BCUT2D eigenvalue weighted by molar-refractivity contribution is 5.92. The van der Waals surface area contributed by atoms with Crippen molar-refractivity contribution in [3.8, 4) is 0 Å². The fraction of sp³-hybridized carbons (Fsp3) is 0.385. The van der Waals surface area contributed by atoms with Crippen molar-refractivity contribution in [2.45, 2.75) is 25.8 Å². The summed E-state index contributed by atoms with van der Waals surface area (Å²) in [4.78, 5) is 22.2. The molecule has 0 aliphatic carbocycles. The zero-order valence-electron chi connectivity index (χ0n) is 10.9. The van der Waals surface area contributed by atoms with Gasteiger partial charge < -0.3 is 20.8 Å². The number of carbonyl (C=O) groups excluding carboxylic acids is 1. The second-order valence-electron chi connectivity index (χ2n) is 4.45. The van der Waals surface area contributed by atoms with Gasteiger partial charge in [-0.1, -0.05) is 26.0 Å². The summed E-state index contributed by atoms with van der Waals surface area (Å²) in [6.07, 6.45) is 0. The van der Waals surface area contributed by atoms with Crippen molar-refractivity contribution in [1.29, 1.82) is 0 Å². The zero-order valence-corrected chi connectivity index (χ0v) is 10.9. The number of urea groups is 1. The van der Waals surface area contributed by atoms with Crippen LogP contribution in [0.2, 0.25) is 0 Å². The van der Waals surface area contributed by atoms with Crippen LogP contribution in [0.3, 0.4) is 0 Å². The van der Waals surface area contributed by atoms with Crippen molar-refractivity contribution in [3.05, 3.63) is 29.8 Å². The Morgan fingerprint density at radius 3 is 2.53 bits per heavy atom. The third-order valence-electron chi connectivity index (χ3n) is 2.60. The molecule has 0 aromatic heterocycles. The zero-order chi connectivity index (χ0) is 14.4. The van der Waals surface area contributed by atoms with Gasteiger partial charge >= 0.3 is 12.0 Å². The maximum Gasteiger partial charge on any atom is 0.328 e. The number of carbonyl (C=O) groups is 2. The molecule has 0 aliphatic heterocycles. The molecule has 1 aromatic carbocycles. The maximum atomic E-state index is 11.6. The normalized spacial score (nSPS) is 12.0. The van der Waals surface area contributed by atoms with Crippen LogP contribution in [-0.4, -0.2) is 34.9 Å². The van der Waals surface area contributed by atoms with E-state index in [1.165, 1.54) is 0 Å². The lowest BCUT2D eigenvalue weighted by Crippen LogP contribution is -2.45. The summed E-state index contributed by atoms with van der Waals surface area (Å²) in [5, 5.41) is 22.2. The van der Waals surface area contributed by atoms with Gasteiger partial charge in [0.1, 0.15) is 0 Å². The van der Waals surface area contributed by atoms with Crippen LogP contribution in [0.15, 0.2) is 24.3 Å². The Labute approximate surface area is 111 Å². The molecule has 0 fully saturated rings. The molecule has 1 rings (SSSR count). The molecule has 104 valence electrons. The predicted molar refractivity (Wildman–Crippen MR) is 71.2 cm³/mol. The number of aliphatic hydroxyl groups excluding tert-OH is 1. The van der Waals surface area contributed by atoms with Gasteiger partial charge in [0.05, 0.1) is 6.61 Å². The molecule has 0 radical (unpaired) electrons. The lowest BCUT2D eigenvalue weighted by atomic mass is 10.0. The number of benzene rings is 1. The van der Waals surface area contributed by atoms with Gasteiger partial charge in [-0.3, -0.25) is 0 Å². The molecule has 0 heterocycles. The second kappa shape index (κ2) is 6.75. The topological polar surface area (TPSA) is 98.7 Å². The van der Waals surface area contributed by atoms with Gasteiger partial charge in [-0.25, -0.2) is 9.59 Å². The number of carboxylic acid groups (broad SMARTS) is 1. The Balaban J connectivity index is 2.66. The first kappa shape index (κ1) is 15.0. The molecule has 6 heteroatoms. The molecule has 19 heavy (non-hydrogen) atoms. The quantitative estimate of drug-likeness (QED) is 0.647. The van der Waals surface area contributed by atoms with Crippen LogP contribution in [0.5, 0.6) is 0 Å². The van der Waals surface area contributed by atoms with E-state index in [9.17, 15) is 9.59 Å². The van der Waals surface area contributed by atoms with Gasteiger partial charge in [-0.05, 0) is 23.6 Å². The van der Waals surface area contributed by atoms with Crippen LogP contribution in [0.25, 0.3) is 0 Å². The first-order valence-corrected chi connectivity index (χ1v) is 5.95. The largest absolute Gasteiger partial charge is 0.480 e. The van der Waals surface area contributed by atoms with E-state index < -0.39 is 24.6 Å². The Kier molecular flexibility index (Phi) is 5.32. The molecule has 0 saturated heterocycles. The maximum absolute atomic E-state index is 11.6. The van der Waals surface area contributed by atoms with E-state index in [0.29, 0.717) is 11.6 Å². The standard InChI is InChI=1S/C13H18N2O4/c1-8(2)9-4-3-5-10(6-9)14-13(19)15-11(7-16)12(17)18/h3-6,8,11,16H,7H2,1-2H3,(H,17,18)(H2,14,15,19)/t11-/m1/s1. The number of aliphatic carboxylic acids is 1. The highest BCUT2D eigenvalue weighted by atomic mass is 16.4. The Morgan fingerprint density at radius 2 is 2.00 bits per heavy atom. The van der Waals surface area contributed by atoms with Crippen LogP contribution in [0.4, 0.5) is 10.5 Å². The Bertz CT molecular complexity index is 460. The minimum atomic E-state index is -1.31. The van der Waals surface area contributed by atoms with E-state index in [-0.39, 0.29) is 0 Å². The summed E-state index contributed by atoms with van der Waals surface area (Å²) in [6.45, 7) is 3.41. The highest BCUT2D eigenvalue weighted by Crippen LogP contribution is 2.18. The number of hydrogen-bond acceptors (Lipinski definition) is 3. The van der Waals surface area contributed by atoms with E-state index in [0.717, 1.165) is 5.56 Å². The number of rotatable bonds is 5. The molecule has 1 aromatic rings. The SMILES string of the molecule is CC(C)c1cccc(NC(=O)N[C@H](CO)C(=O)O)c1. The van der Waals surface area contributed by atoms with E-state index in [1.54, 1.807) is 6.07 Å². The van der Waals surface area contributed by atoms with Crippen LogP contribution < -0.4 is 10.6 Å². The van der Waals surface area contributed by atoms with Crippen molar-refractivity contribution in [2.75, 3.05) is 11.9 Å². The van der Waals surface area contributed by atoms with Gasteiger partial charge in [0, 0.05) is 5.69 Å². The molecule has 1 atom stereocenters. The smallest absolute Gasteiger partial charge is 0.328 e. The average Bonchev–Trinajstić information content (AvgIpc) is 2.35. The van der Waals surface area contributed by atoms with Crippen molar-refractivity contribution in [2.24, 2.45) is 0 Å². The minimum absolute atomic E-state index is 0.328. The first-order chi connectivity index (χ1) is 8.93. The summed E-state index contributed by atoms with van der Waals surface area (Å²) < 4.78 is 0. The molecule has 2 amide bonds. The summed E-state index contributed by atoms with van der Waals surface area (Å²) in [7, 11) is 0. The van der Waals surface area contributed by atoms with Gasteiger partial charge in [0.2, 0.25) is 0 Å². The van der Waals surface area contributed by atoms with E-state index in [1.807, 2.05) is 32.0 Å². The number of nitrogens with one attached hydrogen (secondary N) is 2. The molecule has 0 aliphatic rings. The van der Waals surface area contributed by atoms with Crippen LogP contribution in [0, 0.1) is 0 Å². The van der Waals surface area contributed by atoms with Gasteiger partial charge in [-0.2, -0.15) is 0 Å².